The zero-order valence-corrected chi connectivity index (χ0v) is 17.0. The molecule has 2 rings (SSSR count). The molecule has 0 aliphatic carbocycles. The van der Waals surface area contributed by atoms with E-state index in [9.17, 15) is 27.2 Å². The van der Waals surface area contributed by atoms with Crippen LogP contribution in [0, 0.1) is 12.7 Å². The molecule has 0 atom stereocenters. The molecule has 9 nitrogen and oxygen atoms in total. The Labute approximate surface area is 172 Å². The van der Waals surface area contributed by atoms with Crippen LogP contribution in [0.4, 0.5) is 15.8 Å². The number of nitrogens with one attached hydrogen (secondary N) is 3. The number of carbonyl (C=O) groups is 3. The Balaban J connectivity index is 1.82. The Hall–Kier alpha value is -3.31. The maximum atomic E-state index is 13.5. The van der Waals surface area contributed by atoms with Gasteiger partial charge in [0.05, 0.1) is 4.90 Å². The molecule has 0 radical (unpaired) electrons. The average molecular weight is 437 g/mol. The largest absolute Gasteiger partial charge is 0.455 e. The van der Waals surface area contributed by atoms with E-state index in [1.807, 2.05) is 0 Å². The van der Waals surface area contributed by atoms with Crippen molar-refractivity contribution in [3.05, 3.63) is 53.8 Å². The first-order chi connectivity index (χ1) is 14.1. The quantitative estimate of drug-likeness (QED) is 0.537. The normalized spacial score (nSPS) is 10.9. The van der Waals surface area contributed by atoms with E-state index >= 15 is 0 Å². The number of carbonyl (C=O) groups excluding carboxylic acids is 3. The lowest BCUT2D eigenvalue weighted by Crippen LogP contribution is -2.32. The number of hydrogen-bond acceptors (Lipinski definition) is 6. The van der Waals surface area contributed by atoms with Gasteiger partial charge in [0.25, 0.3) is 5.91 Å². The SMILES string of the molecule is CC(=O)Nc1ccc(S(=O)(=O)NCC(=O)OCC(=O)Nc2ccc(C)c(F)c2)cc1. The van der Waals surface area contributed by atoms with Crippen molar-refractivity contribution >= 4 is 39.2 Å². The molecule has 2 aromatic carbocycles. The Morgan fingerprint density at radius 2 is 1.63 bits per heavy atom. The fourth-order valence-electron chi connectivity index (χ4n) is 2.22. The van der Waals surface area contributed by atoms with Gasteiger partial charge in [-0.05, 0) is 48.9 Å². The number of halogens is 1. The van der Waals surface area contributed by atoms with E-state index in [2.05, 4.69) is 15.4 Å². The topological polar surface area (TPSA) is 131 Å². The number of aryl methyl sites for hydroxylation is 1. The van der Waals surface area contributed by atoms with Crippen LogP contribution in [0.3, 0.4) is 0 Å². The summed E-state index contributed by atoms with van der Waals surface area (Å²) in [5.74, 6) is -2.48. The molecule has 0 aromatic heterocycles. The fourth-order valence-corrected chi connectivity index (χ4v) is 3.19. The van der Waals surface area contributed by atoms with Crippen LogP contribution < -0.4 is 15.4 Å². The Kier molecular flexibility index (Phi) is 7.61. The Morgan fingerprint density at radius 3 is 2.23 bits per heavy atom. The lowest BCUT2D eigenvalue weighted by Gasteiger charge is -2.09. The third-order valence-corrected chi connectivity index (χ3v) is 5.13. The highest BCUT2D eigenvalue weighted by Gasteiger charge is 2.17. The second kappa shape index (κ2) is 9.94. The van der Waals surface area contributed by atoms with Crippen molar-refractivity contribution in [2.45, 2.75) is 18.7 Å². The van der Waals surface area contributed by atoms with Gasteiger partial charge in [0.1, 0.15) is 12.4 Å². The summed E-state index contributed by atoms with van der Waals surface area (Å²) < 4.78 is 44.6. The first kappa shape index (κ1) is 23.0. The summed E-state index contributed by atoms with van der Waals surface area (Å²) in [4.78, 5) is 34.3. The molecule has 160 valence electrons. The summed E-state index contributed by atoms with van der Waals surface area (Å²) in [7, 11) is -4.00. The number of benzene rings is 2. The number of hydrogen-bond donors (Lipinski definition) is 3. The molecular weight excluding hydrogens is 417 g/mol. The van der Waals surface area contributed by atoms with Gasteiger partial charge in [-0.3, -0.25) is 14.4 Å². The van der Waals surface area contributed by atoms with Crippen LogP contribution in [0.25, 0.3) is 0 Å². The molecular formula is C19H20FN3O6S. The predicted octanol–water partition coefficient (Wildman–Crippen LogP) is 1.55. The summed E-state index contributed by atoms with van der Waals surface area (Å²) in [6.07, 6.45) is 0. The van der Waals surface area contributed by atoms with Crippen molar-refractivity contribution < 1.29 is 31.9 Å². The van der Waals surface area contributed by atoms with Crippen molar-refractivity contribution in [2.75, 3.05) is 23.8 Å². The minimum absolute atomic E-state index is 0.122. The van der Waals surface area contributed by atoms with Crippen LogP contribution in [0.5, 0.6) is 0 Å². The molecule has 0 saturated heterocycles. The van der Waals surface area contributed by atoms with E-state index in [1.165, 1.54) is 43.3 Å². The molecule has 2 amide bonds. The summed E-state index contributed by atoms with van der Waals surface area (Å²) in [5.41, 5.74) is 1.03. The first-order valence-corrected chi connectivity index (χ1v) is 10.1. The molecule has 2 aromatic rings. The molecule has 0 heterocycles. The van der Waals surface area contributed by atoms with Gasteiger partial charge in [0.15, 0.2) is 6.61 Å². The van der Waals surface area contributed by atoms with E-state index in [-0.39, 0.29) is 16.5 Å². The number of amides is 2. The van der Waals surface area contributed by atoms with Crippen LogP contribution in [0.1, 0.15) is 12.5 Å². The Morgan fingerprint density at radius 1 is 1.00 bits per heavy atom. The van der Waals surface area contributed by atoms with Gasteiger partial charge < -0.3 is 15.4 Å². The van der Waals surface area contributed by atoms with Gasteiger partial charge in [0.2, 0.25) is 15.9 Å². The van der Waals surface area contributed by atoms with Gasteiger partial charge in [-0.2, -0.15) is 4.72 Å². The maximum Gasteiger partial charge on any atom is 0.321 e. The highest BCUT2D eigenvalue weighted by Crippen LogP contribution is 2.14. The second-order valence-electron chi connectivity index (χ2n) is 6.20. The molecule has 30 heavy (non-hydrogen) atoms. The number of rotatable bonds is 8. The van der Waals surface area contributed by atoms with Crippen LogP contribution in [0.2, 0.25) is 0 Å². The summed E-state index contributed by atoms with van der Waals surface area (Å²) in [6, 6.07) is 9.40. The smallest absolute Gasteiger partial charge is 0.321 e. The first-order valence-electron chi connectivity index (χ1n) is 8.66. The fraction of sp³-hybridized carbons (Fsp3) is 0.211. The van der Waals surface area contributed by atoms with Crippen LogP contribution in [0.15, 0.2) is 47.4 Å². The lowest BCUT2D eigenvalue weighted by atomic mass is 10.2. The summed E-state index contributed by atoms with van der Waals surface area (Å²) in [5, 5.41) is 4.85. The molecule has 11 heteroatoms. The molecule has 0 spiro atoms. The van der Waals surface area contributed by atoms with Crippen molar-refractivity contribution in [2.24, 2.45) is 0 Å². The second-order valence-corrected chi connectivity index (χ2v) is 7.97. The molecule has 0 aliphatic rings. The minimum atomic E-state index is -4.00. The zero-order chi connectivity index (χ0) is 22.3. The van der Waals surface area contributed by atoms with Gasteiger partial charge >= 0.3 is 5.97 Å². The van der Waals surface area contributed by atoms with E-state index < -0.39 is 40.9 Å². The minimum Gasteiger partial charge on any atom is -0.455 e. The van der Waals surface area contributed by atoms with Crippen LogP contribution >= 0.6 is 0 Å². The molecule has 3 N–H and O–H groups in total. The third kappa shape index (κ3) is 6.94. The maximum absolute atomic E-state index is 13.5. The third-order valence-electron chi connectivity index (χ3n) is 3.71. The van der Waals surface area contributed by atoms with Gasteiger partial charge in [-0.15, -0.1) is 0 Å². The van der Waals surface area contributed by atoms with E-state index in [0.717, 1.165) is 6.07 Å². The number of sulfonamides is 1. The summed E-state index contributed by atoms with van der Waals surface area (Å²) in [6.45, 7) is 1.53. The number of esters is 1. The highest BCUT2D eigenvalue weighted by molar-refractivity contribution is 7.89. The monoisotopic (exact) mass is 437 g/mol. The van der Waals surface area contributed by atoms with Crippen molar-refractivity contribution in [1.82, 2.24) is 4.72 Å². The van der Waals surface area contributed by atoms with Crippen molar-refractivity contribution in [1.29, 1.82) is 0 Å². The standard InChI is InChI=1S/C19H20FN3O6S/c1-12-3-4-15(9-17(12)20)23-18(25)11-29-19(26)10-21-30(27,28)16-7-5-14(6-8-16)22-13(2)24/h3-9,21H,10-11H2,1-2H3,(H,22,24)(H,23,25). The van der Waals surface area contributed by atoms with Gasteiger partial charge in [0, 0.05) is 18.3 Å². The molecule has 0 fully saturated rings. The summed E-state index contributed by atoms with van der Waals surface area (Å²) >= 11 is 0. The molecule has 0 unspecified atom stereocenters. The number of ether oxygens (including phenoxy) is 1. The van der Waals surface area contributed by atoms with Crippen molar-refractivity contribution in [3.63, 3.8) is 0 Å². The van der Waals surface area contributed by atoms with E-state index in [4.69, 9.17) is 4.74 Å². The van der Waals surface area contributed by atoms with E-state index in [0.29, 0.717) is 11.3 Å². The zero-order valence-electron chi connectivity index (χ0n) is 16.2. The van der Waals surface area contributed by atoms with Gasteiger partial charge in [-0.1, -0.05) is 6.07 Å². The predicted molar refractivity (Wildman–Crippen MR) is 107 cm³/mol. The van der Waals surface area contributed by atoms with E-state index in [1.54, 1.807) is 6.92 Å². The number of anilines is 2. The molecule has 0 saturated carbocycles. The highest BCUT2D eigenvalue weighted by atomic mass is 32.2. The molecule has 0 aliphatic heterocycles. The lowest BCUT2D eigenvalue weighted by molar-refractivity contribution is -0.146. The molecule has 0 bridgehead atoms. The van der Waals surface area contributed by atoms with Gasteiger partial charge in [-0.25, -0.2) is 12.8 Å². The average Bonchev–Trinajstić information content (AvgIpc) is 2.68. The van der Waals surface area contributed by atoms with Crippen LogP contribution in [-0.2, 0) is 29.1 Å². The van der Waals surface area contributed by atoms with Crippen LogP contribution in [-0.4, -0.2) is 39.4 Å². The van der Waals surface area contributed by atoms with Crippen molar-refractivity contribution in [3.8, 4) is 0 Å². The Bertz CT molecular complexity index is 1050.